The molecule has 0 bridgehead atoms. The van der Waals surface area contributed by atoms with Crippen LogP contribution >= 0.6 is 0 Å². The van der Waals surface area contributed by atoms with Gasteiger partial charge >= 0.3 is 5.97 Å². The Bertz CT molecular complexity index is 1220. The van der Waals surface area contributed by atoms with Crippen molar-refractivity contribution in [3.8, 4) is 0 Å². The zero-order chi connectivity index (χ0) is 26.9. The summed E-state index contributed by atoms with van der Waals surface area (Å²) in [6, 6.07) is 7.06. The number of rotatable bonds is 7. The van der Waals surface area contributed by atoms with Crippen LogP contribution in [-0.4, -0.2) is 84.1 Å². The van der Waals surface area contributed by atoms with Crippen LogP contribution in [-0.2, 0) is 19.1 Å². The van der Waals surface area contributed by atoms with Crippen LogP contribution in [0.1, 0.15) is 64.2 Å². The average molecular weight is 510 g/mol. The van der Waals surface area contributed by atoms with Crippen LogP contribution in [0.3, 0.4) is 0 Å². The molecule has 37 heavy (non-hydrogen) atoms. The number of carbonyl (C=O) groups is 3. The van der Waals surface area contributed by atoms with E-state index in [4.69, 9.17) is 9.47 Å². The number of aromatic amines is 1. The van der Waals surface area contributed by atoms with E-state index in [9.17, 15) is 19.5 Å². The number of benzene rings is 1. The van der Waals surface area contributed by atoms with Gasteiger partial charge in [-0.2, -0.15) is 0 Å². The Labute approximate surface area is 217 Å². The number of morpholine rings is 1. The molecule has 9 heteroatoms. The van der Waals surface area contributed by atoms with Crippen LogP contribution in [0.15, 0.2) is 29.8 Å². The monoisotopic (exact) mass is 509 g/mol. The van der Waals surface area contributed by atoms with E-state index >= 15 is 0 Å². The molecule has 2 aliphatic rings. The number of aliphatic hydroxyl groups is 1. The molecule has 4 rings (SSSR count). The third kappa shape index (κ3) is 5.06. The van der Waals surface area contributed by atoms with E-state index in [2.05, 4.69) is 23.7 Å². The van der Waals surface area contributed by atoms with E-state index in [1.54, 1.807) is 18.7 Å². The molecule has 0 saturated carbocycles. The number of ketones is 1. The number of hydrogen-bond donors (Lipinski definition) is 2. The zero-order valence-electron chi connectivity index (χ0n) is 22.1. The van der Waals surface area contributed by atoms with Gasteiger partial charge in [0, 0.05) is 37.4 Å². The van der Waals surface area contributed by atoms with Crippen LogP contribution in [0.5, 0.6) is 0 Å². The zero-order valence-corrected chi connectivity index (χ0v) is 22.1. The van der Waals surface area contributed by atoms with Gasteiger partial charge in [-0.15, -0.1) is 0 Å². The summed E-state index contributed by atoms with van der Waals surface area (Å²) in [4.78, 5) is 45.7. The normalized spacial score (nSPS) is 20.2. The Morgan fingerprint density at radius 3 is 2.38 bits per heavy atom. The molecule has 2 aromatic rings. The number of methoxy groups -OCH3 is 1. The van der Waals surface area contributed by atoms with Gasteiger partial charge in [-0.1, -0.05) is 38.1 Å². The molecule has 1 aromatic carbocycles. The average Bonchev–Trinajstić information content (AvgIpc) is 3.34. The van der Waals surface area contributed by atoms with Gasteiger partial charge in [-0.25, -0.2) is 4.79 Å². The standard InChI is InChI=1S/C28H35N3O6/c1-16(2)19-6-8-20(9-7-19)24-22(25(32)21-17(3)23(28(35)36-5)29-18(21)4)26(33)27(34)31(24)11-10-30-12-14-37-15-13-30/h6-9,16,24,29,32H,10-15H2,1-5H3/b25-22+. The highest BCUT2D eigenvalue weighted by Gasteiger charge is 2.46. The number of likely N-dealkylation sites (tertiary alicyclic amines) is 1. The second kappa shape index (κ2) is 10.9. The van der Waals surface area contributed by atoms with Gasteiger partial charge in [0.15, 0.2) is 0 Å². The molecule has 2 N–H and O–H groups in total. The molecule has 0 aliphatic carbocycles. The van der Waals surface area contributed by atoms with Crippen LogP contribution in [0.2, 0.25) is 0 Å². The second-order valence-electron chi connectivity index (χ2n) is 9.88. The number of carbonyl (C=O) groups excluding carboxylic acids is 3. The highest BCUT2D eigenvalue weighted by molar-refractivity contribution is 6.46. The highest BCUT2D eigenvalue weighted by Crippen LogP contribution is 2.41. The predicted octanol–water partition coefficient (Wildman–Crippen LogP) is 3.30. The second-order valence-corrected chi connectivity index (χ2v) is 9.88. The van der Waals surface area contributed by atoms with Crippen molar-refractivity contribution in [3.63, 3.8) is 0 Å². The molecule has 9 nitrogen and oxygen atoms in total. The van der Waals surface area contributed by atoms with Crippen molar-refractivity contribution in [1.82, 2.24) is 14.8 Å². The summed E-state index contributed by atoms with van der Waals surface area (Å²) in [6.07, 6.45) is 0. The molecule has 0 spiro atoms. The van der Waals surface area contributed by atoms with Crippen LogP contribution in [0.4, 0.5) is 0 Å². The highest BCUT2D eigenvalue weighted by atomic mass is 16.5. The minimum Gasteiger partial charge on any atom is -0.507 e. The third-order valence-electron chi connectivity index (χ3n) is 7.28. The Hall–Kier alpha value is -3.43. The van der Waals surface area contributed by atoms with Crippen molar-refractivity contribution < 1.29 is 29.0 Å². The van der Waals surface area contributed by atoms with Gasteiger partial charge < -0.3 is 24.5 Å². The first kappa shape index (κ1) is 26.6. The number of aromatic nitrogens is 1. The Kier molecular flexibility index (Phi) is 7.85. The predicted molar refractivity (Wildman–Crippen MR) is 138 cm³/mol. The van der Waals surface area contributed by atoms with Gasteiger partial charge in [0.25, 0.3) is 11.7 Å². The van der Waals surface area contributed by atoms with E-state index < -0.39 is 23.7 Å². The quantitative estimate of drug-likeness (QED) is 0.255. The van der Waals surface area contributed by atoms with Crippen molar-refractivity contribution in [2.45, 2.75) is 39.7 Å². The Balaban J connectivity index is 1.80. The maximum Gasteiger partial charge on any atom is 0.354 e. The van der Waals surface area contributed by atoms with E-state index in [1.165, 1.54) is 7.11 Å². The van der Waals surface area contributed by atoms with Crippen LogP contribution in [0.25, 0.3) is 5.76 Å². The first-order valence-corrected chi connectivity index (χ1v) is 12.6. The maximum atomic E-state index is 13.4. The van der Waals surface area contributed by atoms with E-state index in [0.29, 0.717) is 49.0 Å². The molecule has 1 atom stereocenters. The Morgan fingerprint density at radius 1 is 1.14 bits per heavy atom. The number of amides is 1. The summed E-state index contributed by atoms with van der Waals surface area (Å²) < 4.78 is 10.3. The SMILES string of the molecule is COC(=O)c1[nH]c(C)c(/C(O)=C2\C(=O)C(=O)N(CCN3CCOCC3)C2c2ccc(C(C)C)cc2)c1C. The largest absolute Gasteiger partial charge is 0.507 e. The molecule has 1 amide bonds. The van der Waals surface area contributed by atoms with Gasteiger partial charge in [0.1, 0.15) is 11.5 Å². The van der Waals surface area contributed by atoms with Crippen LogP contribution < -0.4 is 0 Å². The molecule has 3 heterocycles. The molecule has 1 aromatic heterocycles. The molecule has 0 radical (unpaired) electrons. The summed E-state index contributed by atoms with van der Waals surface area (Å²) in [5, 5.41) is 11.5. The van der Waals surface area contributed by atoms with E-state index in [-0.39, 0.29) is 17.0 Å². The number of hydrogen-bond acceptors (Lipinski definition) is 7. The molecular weight excluding hydrogens is 474 g/mol. The maximum absolute atomic E-state index is 13.4. The fraction of sp³-hybridized carbons (Fsp3) is 0.464. The molecule has 2 saturated heterocycles. The number of nitrogens with one attached hydrogen (secondary N) is 1. The fourth-order valence-electron chi connectivity index (χ4n) is 5.14. The third-order valence-corrected chi connectivity index (χ3v) is 7.28. The van der Waals surface area contributed by atoms with Crippen molar-refractivity contribution >= 4 is 23.4 Å². The number of Topliss-reactive ketones (excluding diaryl/α,β-unsaturated/α-hetero) is 1. The summed E-state index contributed by atoms with van der Waals surface area (Å²) in [6.45, 7) is 11.3. The van der Waals surface area contributed by atoms with Crippen molar-refractivity contribution in [3.05, 3.63) is 63.5 Å². The smallest absolute Gasteiger partial charge is 0.354 e. The first-order chi connectivity index (χ1) is 17.6. The first-order valence-electron chi connectivity index (χ1n) is 12.6. The van der Waals surface area contributed by atoms with Crippen LogP contribution in [0, 0.1) is 13.8 Å². The van der Waals surface area contributed by atoms with Gasteiger partial charge in [0.2, 0.25) is 0 Å². The van der Waals surface area contributed by atoms with Gasteiger partial charge in [-0.05, 0) is 36.5 Å². The summed E-state index contributed by atoms with van der Waals surface area (Å²) >= 11 is 0. The number of ether oxygens (including phenoxy) is 2. The fourth-order valence-corrected chi connectivity index (χ4v) is 5.14. The molecule has 198 valence electrons. The molecule has 2 aliphatic heterocycles. The molecule has 2 fully saturated rings. The van der Waals surface area contributed by atoms with Gasteiger partial charge in [0.05, 0.1) is 31.9 Å². The lowest BCUT2D eigenvalue weighted by Crippen LogP contribution is -2.42. The summed E-state index contributed by atoms with van der Waals surface area (Å²) in [5.41, 5.74) is 3.38. The van der Waals surface area contributed by atoms with E-state index in [1.807, 2.05) is 24.3 Å². The topological polar surface area (TPSA) is 112 Å². The van der Waals surface area contributed by atoms with Crippen molar-refractivity contribution in [2.75, 3.05) is 46.5 Å². The lowest BCUT2D eigenvalue weighted by atomic mass is 9.92. The lowest BCUT2D eigenvalue weighted by Gasteiger charge is -2.31. The number of H-pyrrole nitrogens is 1. The van der Waals surface area contributed by atoms with Crippen molar-refractivity contribution in [1.29, 1.82) is 0 Å². The lowest BCUT2D eigenvalue weighted by molar-refractivity contribution is -0.140. The number of nitrogens with zero attached hydrogens (tertiary/aromatic N) is 2. The molecule has 1 unspecified atom stereocenters. The van der Waals surface area contributed by atoms with Crippen molar-refractivity contribution in [2.24, 2.45) is 0 Å². The number of esters is 1. The molecular formula is C28H35N3O6. The van der Waals surface area contributed by atoms with E-state index in [0.717, 1.165) is 24.2 Å². The minimum atomic E-state index is -0.752. The number of aliphatic hydroxyl groups excluding tert-OH is 1. The minimum absolute atomic E-state index is 0.0193. The number of aryl methyl sites for hydroxylation is 1. The van der Waals surface area contributed by atoms with Gasteiger partial charge in [-0.3, -0.25) is 14.5 Å². The summed E-state index contributed by atoms with van der Waals surface area (Å²) in [5.74, 6) is -1.94. The summed E-state index contributed by atoms with van der Waals surface area (Å²) in [7, 11) is 1.28. The Morgan fingerprint density at radius 2 is 1.78 bits per heavy atom.